The zero-order chi connectivity index (χ0) is 14.7. The van der Waals surface area contributed by atoms with Gasteiger partial charge in [0.2, 0.25) is 5.78 Å². The van der Waals surface area contributed by atoms with Crippen LogP contribution < -0.4 is 0 Å². The van der Waals surface area contributed by atoms with E-state index in [1.54, 1.807) is 16.9 Å². The van der Waals surface area contributed by atoms with Crippen LogP contribution in [0, 0.1) is 0 Å². The number of aryl methyl sites for hydroxylation is 1. The van der Waals surface area contributed by atoms with Crippen molar-refractivity contribution in [1.82, 2.24) is 14.7 Å². The van der Waals surface area contributed by atoms with Crippen LogP contribution >= 0.6 is 15.9 Å². The molecule has 0 N–H and O–H groups in total. The van der Waals surface area contributed by atoms with E-state index in [9.17, 15) is 4.79 Å². The number of carbonyl (C=O) groups excluding carboxylic acids is 1. The summed E-state index contributed by atoms with van der Waals surface area (Å²) in [7, 11) is 3.97. The number of ketones is 1. The largest absolute Gasteiger partial charge is 0.458 e. The van der Waals surface area contributed by atoms with E-state index in [4.69, 9.17) is 4.42 Å². The van der Waals surface area contributed by atoms with Crippen LogP contribution in [-0.4, -0.2) is 41.1 Å². The van der Waals surface area contributed by atoms with Crippen LogP contribution in [0.2, 0.25) is 0 Å². The summed E-state index contributed by atoms with van der Waals surface area (Å²) in [4.78, 5) is 14.6. The first-order chi connectivity index (χ1) is 9.52. The molecule has 0 amide bonds. The van der Waals surface area contributed by atoms with E-state index in [1.807, 2.05) is 32.0 Å². The summed E-state index contributed by atoms with van der Waals surface area (Å²) in [5.74, 6) is 1.02. The minimum atomic E-state index is -0.146. The van der Waals surface area contributed by atoms with Gasteiger partial charge in [-0.1, -0.05) is 6.92 Å². The topological polar surface area (TPSA) is 51.3 Å². The quantitative estimate of drug-likeness (QED) is 0.759. The third-order valence-electron chi connectivity index (χ3n) is 3.00. The van der Waals surface area contributed by atoms with Crippen molar-refractivity contribution in [2.24, 2.45) is 0 Å². The smallest absolute Gasteiger partial charge is 0.247 e. The second-order valence-electron chi connectivity index (χ2n) is 4.82. The first-order valence-corrected chi connectivity index (χ1v) is 7.31. The predicted octanol–water partition coefficient (Wildman–Crippen LogP) is 2.59. The summed E-state index contributed by atoms with van der Waals surface area (Å²) in [6.45, 7) is 3.46. The predicted molar refractivity (Wildman–Crippen MR) is 80.0 cm³/mol. The summed E-state index contributed by atoms with van der Waals surface area (Å²) in [6, 6.07) is 3.55. The number of carbonyl (C=O) groups is 1. The number of aromatic nitrogens is 2. The average molecular weight is 340 g/mol. The molecule has 0 saturated heterocycles. The van der Waals surface area contributed by atoms with Crippen molar-refractivity contribution in [2.75, 3.05) is 20.6 Å². The van der Waals surface area contributed by atoms with E-state index >= 15 is 0 Å². The third-order valence-corrected chi connectivity index (χ3v) is 3.58. The molecule has 0 unspecified atom stereocenters. The van der Waals surface area contributed by atoms with Gasteiger partial charge in [0.15, 0.2) is 5.76 Å². The first-order valence-electron chi connectivity index (χ1n) is 6.52. The Morgan fingerprint density at radius 3 is 2.80 bits per heavy atom. The molecule has 2 aromatic rings. The van der Waals surface area contributed by atoms with Crippen molar-refractivity contribution in [2.45, 2.75) is 19.9 Å². The van der Waals surface area contributed by atoms with Crippen LogP contribution in [0.15, 0.2) is 27.2 Å². The van der Waals surface area contributed by atoms with Gasteiger partial charge in [-0.05, 0) is 42.2 Å². The highest BCUT2D eigenvalue weighted by molar-refractivity contribution is 9.10. The normalized spacial score (nSPS) is 11.2. The molecule has 2 aromatic heterocycles. The molecular formula is C14H18BrN3O2. The highest BCUT2D eigenvalue weighted by Crippen LogP contribution is 2.21. The molecule has 2 rings (SSSR count). The SMILES string of the molecule is CCc1ccc(C(=O)c2c(Br)cnn2CCN(C)C)o1. The Morgan fingerprint density at radius 1 is 1.45 bits per heavy atom. The second kappa shape index (κ2) is 6.37. The maximum Gasteiger partial charge on any atom is 0.247 e. The van der Waals surface area contributed by atoms with E-state index in [-0.39, 0.29) is 5.78 Å². The Labute approximate surface area is 126 Å². The zero-order valence-corrected chi connectivity index (χ0v) is 13.5. The van der Waals surface area contributed by atoms with Gasteiger partial charge >= 0.3 is 0 Å². The summed E-state index contributed by atoms with van der Waals surface area (Å²) < 4.78 is 7.93. The molecule has 0 atom stereocenters. The maximum absolute atomic E-state index is 12.5. The van der Waals surface area contributed by atoms with Crippen molar-refractivity contribution in [3.63, 3.8) is 0 Å². The molecule has 0 fully saturated rings. The van der Waals surface area contributed by atoms with Gasteiger partial charge in [0.25, 0.3) is 0 Å². The van der Waals surface area contributed by atoms with Gasteiger partial charge in [0.1, 0.15) is 11.5 Å². The molecule has 20 heavy (non-hydrogen) atoms. The van der Waals surface area contributed by atoms with Gasteiger partial charge < -0.3 is 9.32 Å². The minimum absolute atomic E-state index is 0.146. The van der Waals surface area contributed by atoms with E-state index in [1.165, 1.54) is 0 Å². The van der Waals surface area contributed by atoms with Crippen molar-refractivity contribution < 1.29 is 9.21 Å². The lowest BCUT2D eigenvalue weighted by molar-refractivity contribution is 0.0996. The fourth-order valence-electron chi connectivity index (χ4n) is 1.86. The maximum atomic E-state index is 12.5. The molecule has 0 aliphatic rings. The van der Waals surface area contributed by atoms with Crippen LogP contribution in [0.4, 0.5) is 0 Å². The monoisotopic (exact) mass is 339 g/mol. The van der Waals surface area contributed by atoms with E-state index in [2.05, 4.69) is 21.0 Å². The number of nitrogens with zero attached hydrogens (tertiary/aromatic N) is 3. The van der Waals surface area contributed by atoms with Crippen molar-refractivity contribution in [3.05, 3.63) is 40.0 Å². The van der Waals surface area contributed by atoms with E-state index in [0.717, 1.165) is 18.7 Å². The molecule has 0 saturated carbocycles. The van der Waals surface area contributed by atoms with Crippen molar-refractivity contribution in [1.29, 1.82) is 0 Å². The molecule has 0 aliphatic carbocycles. The Kier molecular flexibility index (Phi) is 4.77. The summed E-state index contributed by atoms with van der Waals surface area (Å²) in [5, 5.41) is 4.24. The molecule has 0 spiro atoms. The zero-order valence-electron chi connectivity index (χ0n) is 11.9. The minimum Gasteiger partial charge on any atom is -0.458 e. The molecule has 0 bridgehead atoms. The summed E-state index contributed by atoms with van der Waals surface area (Å²) >= 11 is 3.39. The standard InChI is InChI=1S/C14H18BrN3O2/c1-4-10-5-6-12(20-10)14(19)13-11(15)9-16-18(13)8-7-17(2)3/h5-6,9H,4,7-8H2,1-3H3. The van der Waals surface area contributed by atoms with Crippen molar-refractivity contribution >= 4 is 21.7 Å². The lowest BCUT2D eigenvalue weighted by atomic mass is 10.2. The van der Waals surface area contributed by atoms with Gasteiger partial charge in [-0.2, -0.15) is 5.10 Å². The average Bonchev–Trinajstić information content (AvgIpc) is 3.02. The molecule has 6 heteroatoms. The lowest BCUT2D eigenvalue weighted by Crippen LogP contribution is -2.21. The second-order valence-corrected chi connectivity index (χ2v) is 5.67. The fraction of sp³-hybridized carbons (Fsp3) is 0.429. The van der Waals surface area contributed by atoms with Crippen molar-refractivity contribution in [3.8, 4) is 0 Å². The van der Waals surface area contributed by atoms with Crippen LogP contribution in [0.25, 0.3) is 0 Å². The molecular weight excluding hydrogens is 322 g/mol. The Balaban J connectivity index is 2.26. The number of hydrogen-bond donors (Lipinski definition) is 0. The van der Waals surface area contributed by atoms with Crippen LogP contribution in [0.3, 0.4) is 0 Å². The molecule has 5 nitrogen and oxygen atoms in total. The molecule has 0 aliphatic heterocycles. The van der Waals surface area contributed by atoms with Crippen LogP contribution in [0.5, 0.6) is 0 Å². The first kappa shape index (κ1) is 15.0. The van der Waals surface area contributed by atoms with Crippen LogP contribution in [0.1, 0.15) is 28.9 Å². The van der Waals surface area contributed by atoms with Gasteiger partial charge in [-0.15, -0.1) is 0 Å². The molecule has 108 valence electrons. The van der Waals surface area contributed by atoms with Gasteiger partial charge in [-0.3, -0.25) is 9.48 Å². The third kappa shape index (κ3) is 3.19. The fourth-order valence-corrected chi connectivity index (χ4v) is 2.34. The van der Waals surface area contributed by atoms with Gasteiger partial charge in [0.05, 0.1) is 17.2 Å². The number of hydrogen-bond acceptors (Lipinski definition) is 4. The Hall–Kier alpha value is -1.40. The molecule has 0 radical (unpaired) electrons. The highest BCUT2D eigenvalue weighted by atomic mass is 79.9. The van der Waals surface area contributed by atoms with Gasteiger partial charge in [-0.25, -0.2) is 0 Å². The summed E-state index contributed by atoms with van der Waals surface area (Å²) in [5.41, 5.74) is 0.531. The highest BCUT2D eigenvalue weighted by Gasteiger charge is 2.21. The summed E-state index contributed by atoms with van der Waals surface area (Å²) in [6.07, 6.45) is 2.42. The number of likely N-dealkylation sites (N-methyl/N-ethyl adjacent to an activating group) is 1. The molecule has 2 heterocycles. The number of rotatable bonds is 6. The van der Waals surface area contributed by atoms with Gasteiger partial charge in [0, 0.05) is 13.0 Å². The van der Waals surface area contributed by atoms with E-state index < -0.39 is 0 Å². The number of furan rings is 1. The Bertz CT molecular complexity index is 601. The molecule has 0 aromatic carbocycles. The van der Waals surface area contributed by atoms with E-state index in [0.29, 0.717) is 22.5 Å². The van der Waals surface area contributed by atoms with Crippen LogP contribution in [-0.2, 0) is 13.0 Å². The lowest BCUT2D eigenvalue weighted by Gasteiger charge is -2.11. The Morgan fingerprint density at radius 2 is 2.20 bits per heavy atom. The number of halogens is 1.